The van der Waals surface area contributed by atoms with Gasteiger partial charge in [-0.05, 0) is 31.5 Å². The molecule has 142 valence electrons. The van der Waals surface area contributed by atoms with Gasteiger partial charge in [-0.25, -0.2) is 4.99 Å². The summed E-state index contributed by atoms with van der Waals surface area (Å²) >= 11 is 1.77. The predicted octanol–water partition coefficient (Wildman–Crippen LogP) is 3.69. The number of aliphatic imine (C=N–C) groups is 1. The van der Waals surface area contributed by atoms with Crippen LogP contribution in [-0.2, 0) is 0 Å². The Morgan fingerprint density at radius 1 is 1.31 bits per heavy atom. The van der Waals surface area contributed by atoms with Gasteiger partial charge in [0.15, 0.2) is 0 Å². The smallest absolute Gasteiger partial charge is 0.139 e. The van der Waals surface area contributed by atoms with Gasteiger partial charge in [0.1, 0.15) is 10.8 Å². The quantitative estimate of drug-likeness (QED) is 0.700. The first-order chi connectivity index (χ1) is 11.7. The van der Waals surface area contributed by atoms with E-state index in [0.717, 1.165) is 48.3 Å². The second-order valence-corrected chi connectivity index (χ2v) is 7.54. The van der Waals surface area contributed by atoms with Gasteiger partial charge in [-0.1, -0.05) is 12.1 Å². The van der Waals surface area contributed by atoms with E-state index in [1.807, 2.05) is 12.1 Å². The van der Waals surface area contributed by atoms with Crippen molar-refractivity contribution in [1.82, 2.24) is 10.2 Å². The van der Waals surface area contributed by atoms with E-state index >= 15 is 0 Å². The van der Waals surface area contributed by atoms with Crippen LogP contribution < -0.4 is 10.6 Å². The molecule has 0 bridgehead atoms. The van der Waals surface area contributed by atoms with Crippen molar-refractivity contribution in [1.29, 1.82) is 0 Å². The van der Waals surface area contributed by atoms with Crippen LogP contribution in [0.15, 0.2) is 35.3 Å². The van der Waals surface area contributed by atoms with Crippen molar-refractivity contribution in [2.75, 3.05) is 31.6 Å². The summed E-state index contributed by atoms with van der Waals surface area (Å²) in [5.74, 6) is 1.04. The van der Waals surface area contributed by atoms with E-state index in [4.69, 9.17) is 4.99 Å². The van der Waals surface area contributed by atoms with Gasteiger partial charge in [0.25, 0.3) is 0 Å². The Kier molecular flexibility index (Phi) is 7.32. The van der Waals surface area contributed by atoms with Crippen LogP contribution in [0.1, 0.15) is 16.9 Å². The van der Waals surface area contributed by atoms with Gasteiger partial charge >= 0.3 is 0 Å². The molecule has 0 radical (unpaired) electrons. The lowest BCUT2D eigenvalue weighted by Gasteiger charge is -2.35. The normalized spacial score (nSPS) is 18.3. The fourth-order valence-electron chi connectivity index (χ4n) is 3.35. The minimum Gasteiger partial charge on any atom is -0.396 e. The molecule has 3 heterocycles. The lowest BCUT2D eigenvalue weighted by molar-refractivity contribution is 0.223. The summed E-state index contributed by atoms with van der Waals surface area (Å²) < 4.78 is 0. The van der Waals surface area contributed by atoms with Gasteiger partial charge in [-0.2, -0.15) is 0 Å². The summed E-state index contributed by atoms with van der Waals surface area (Å²) in [5, 5.41) is 17.4. The number of nitrogens with one attached hydrogen (secondary N) is 2. The number of aliphatic hydroxyl groups excluding tert-OH is 1. The zero-order valence-electron chi connectivity index (χ0n) is 14.6. The molecule has 0 aliphatic carbocycles. The van der Waals surface area contributed by atoms with Gasteiger partial charge in [-0.3, -0.25) is 0 Å². The zero-order chi connectivity index (χ0) is 16.5. The maximum absolute atomic E-state index is 9.25. The van der Waals surface area contributed by atoms with Gasteiger partial charge < -0.3 is 20.6 Å². The van der Waals surface area contributed by atoms with Gasteiger partial charge in [0.2, 0.25) is 0 Å². The van der Waals surface area contributed by atoms with Crippen molar-refractivity contribution in [2.45, 2.75) is 19.4 Å². The Bertz CT molecular complexity index is 778. The van der Waals surface area contributed by atoms with Crippen LogP contribution in [0.25, 0.3) is 0 Å². The minimum atomic E-state index is 0. The Morgan fingerprint density at radius 3 is 2.92 bits per heavy atom. The Morgan fingerprint density at radius 2 is 2.12 bits per heavy atom. The molecule has 4 rings (SSSR count). The standard InChI is InChI=1S/C18H22N4OS.2ClH/c1-12-10-14-17(22-8-7-19-13(11-22)6-9-23)20-15-4-2-3-5-16(15)21-18(14)24-12;;/h2-5,10,13,19,21,23H,6-9,11H2,1H3;2*1H/t13-;;/m1../s1. The Hall–Kier alpha value is -1.31. The number of hydrogen-bond acceptors (Lipinski definition) is 6. The maximum atomic E-state index is 9.25. The molecule has 2 aromatic rings. The number of fused-ring (bicyclic) bond motifs is 2. The largest absolute Gasteiger partial charge is 0.396 e. The summed E-state index contributed by atoms with van der Waals surface area (Å²) in [6.45, 7) is 5.06. The summed E-state index contributed by atoms with van der Waals surface area (Å²) in [5.41, 5.74) is 3.21. The number of para-hydroxylation sites is 2. The molecular formula is C18H24Cl2N4OS. The number of halogens is 2. The molecule has 2 aliphatic rings. The molecule has 8 heteroatoms. The highest BCUT2D eigenvalue weighted by atomic mass is 35.5. The summed E-state index contributed by atoms with van der Waals surface area (Å²) in [7, 11) is 0. The third kappa shape index (κ3) is 4.15. The number of aliphatic hydroxyl groups is 1. The van der Waals surface area contributed by atoms with Crippen molar-refractivity contribution < 1.29 is 5.11 Å². The van der Waals surface area contributed by atoms with E-state index in [1.54, 1.807) is 11.3 Å². The van der Waals surface area contributed by atoms with Crippen molar-refractivity contribution in [3.63, 3.8) is 0 Å². The molecule has 5 nitrogen and oxygen atoms in total. The first-order valence-electron chi connectivity index (χ1n) is 8.39. The Balaban J connectivity index is 0.00000121. The molecule has 3 N–H and O–H groups in total. The molecule has 0 saturated carbocycles. The highest BCUT2D eigenvalue weighted by Crippen LogP contribution is 2.39. The van der Waals surface area contributed by atoms with Crippen LogP contribution >= 0.6 is 36.2 Å². The van der Waals surface area contributed by atoms with Gasteiger partial charge in [0.05, 0.1) is 16.9 Å². The Labute approximate surface area is 170 Å². The zero-order valence-corrected chi connectivity index (χ0v) is 17.0. The van der Waals surface area contributed by atoms with Crippen LogP contribution in [0, 0.1) is 6.92 Å². The van der Waals surface area contributed by atoms with Crippen molar-refractivity contribution >= 4 is 58.4 Å². The monoisotopic (exact) mass is 414 g/mol. The van der Waals surface area contributed by atoms with Crippen molar-refractivity contribution in [3.8, 4) is 0 Å². The van der Waals surface area contributed by atoms with E-state index in [1.165, 1.54) is 10.4 Å². The molecule has 1 aromatic heterocycles. The highest BCUT2D eigenvalue weighted by molar-refractivity contribution is 7.16. The SMILES string of the molecule is Cc1cc2c(s1)Nc1ccccc1N=C2N1CCN[C@H](CCO)C1.Cl.Cl. The van der Waals surface area contributed by atoms with E-state index in [9.17, 15) is 5.11 Å². The van der Waals surface area contributed by atoms with Gasteiger partial charge in [0, 0.05) is 37.2 Å². The third-order valence-electron chi connectivity index (χ3n) is 4.51. The molecule has 0 amide bonds. The van der Waals surface area contributed by atoms with E-state index in [2.05, 4.69) is 40.7 Å². The second kappa shape index (κ2) is 9.06. The fraction of sp³-hybridized carbons (Fsp3) is 0.389. The molecule has 1 saturated heterocycles. The van der Waals surface area contributed by atoms with Crippen LogP contribution in [0.5, 0.6) is 0 Å². The van der Waals surface area contributed by atoms with E-state index in [0.29, 0.717) is 6.04 Å². The molecular weight excluding hydrogens is 391 g/mol. The summed E-state index contributed by atoms with van der Waals surface area (Å²) in [4.78, 5) is 8.64. The molecule has 26 heavy (non-hydrogen) atoms. The van der Waals surface area contributed by atoms with Crippen LogP contribution in [0.3, 0.4) is 0 Å². The predicted molar refractivity (Wildman–Crippen MR) is 115 cm³/mol. The lowest BCUT2D eigenvalue weighted by Crippen LogP contribution is -2.53. The number of nitrogens with zero attached hydrogens (tertiary/aromatic N) is 2. The summed E-state index contributed by atoms with van der Waals surface area (Å²) in [6.07, 6.45) is 0.772. The number of piperazine rings is 1. The molecule has 1 fully saturated rings. The van der Waals surface area contributed by atoms with E-state index in [-0.39, 0.29) is 31.4 Å². The number of thiophene rings is 1. The third-order valence-corrected chi connectivity index (χ3v) is 5.47. The number of aryl methyl sites for hydroxylation is 1. The number of amidine groups is 1. The minimum absolute atomic E-state index is 0. The lowest BCUT2D eigenvalue weighted by atomic mass is 10.1. The molecule has 1 atom stereocenters. The highest BCUT2D eigenvalue weighted by Gasteiger charge is 2.27. The number of hydrogen-bond donors (Lipinski definition) is 3. The van der Waals surface area contributed by atoms with E-state index < -0.39 is 0 Å². The van der Waals surface area contributed by atoms with Crippen molar-refractivity contribution in [2.24, 2.45) is 4.99 Å². The van der Waals surface area contributed by atoms with Crippen LogP contribution in [-0.4, -0.2) is 48.1 Å². The topological polar surface area (TPSA) is 59.9 Å². The fourth-order valence-corrected chi connectivity index (χ4v) is 4.27. The average molecular weight is 415 g/mol. The average Bonchev–Trinajstić information content (AvgIpc) is 2.87. The molecule has 0 unspecified atom stereocenters. The molecule has 2 aliphatic heterocycles. The summed E-state index contributed by atoms with van der Waals surface area (Å²) in [6, 6.07) is 10.7. The first kappa shape index (κ1) is 21.0. The number of rotatable bonds is 2. The first-order valence-corrected chi connectivity index (χ1v) is 9.21. The number of anilines is 2. The maximum Gasteiger partial charge on any atom is 0.139 e. The van der Waals surface area contributed by atoms with Crippen LogP contribution in [0.4, 0.5) is 16.4 Å². The van der Waals surface area contributed by atoms with Crippen molar-refractivity contribution in [3.05, 3.63) is 40.8 Å². The molecule has 1 aromatic carbocycles. The van der Waals surface area contributed by atoms with Gasteiger partial charge in [-0.15, -0.1) is 36.2 Å². The number of benzene rings is 1. The second-order valence-electron chi connectivity index (χ2n) is 6.29. The van der Waals surface area contributed by atoms with Crippen LogP contribution in [0.2, 0.25) is 0 Å². The molecule has 0 spiro atoms.